The minimum absolute atomic E-state index is 0.0848. The molecular formula is C14H19NO3. The average molecular weight is 249 g/mol. The molecule has 0 aromatic heterocycles. The quantitative estimate of drug-likeness (QED) is 0.802. The lowest BCUT2D eigenvalue weighted by Gasteiger charge is -2.27. The van der Waals surface area contributed by atoms with E-state index in [-0.39, 0.29) is 5.91 Å². The van der Waals surface area contributed by atoms with E-state index < -0.39 is 0 Å². The molecule has 0 aliphatic carbocycles. The molecule has 2 rings (SSSR count). The van der Waals surface area contributed by atoms with Crippen molar-refractivity contribution in [3.8, 4) is 5.75 Å². The van der Waals surface area contributed by atoms with Crippen molar-refractivity contribution in [2.24, 2.45) is 0 Å². The summed E-state index contributed by atoms with van der Waals surface area (Å²) in [6.07, 6.45) is 0. The second kappa shape index (κ2) is 5.40. The Morgan fingerprint density at radius 2 is 1.89 bits per heavy atom. The predicted molar refractivity (Wildman–Crippen MR) is 69.2 cm³/mol. The first kappa shape index (κ1) is 12.9. The van der Waals surface area contributed by atoms with Crippen molar-refractivity contribution in [3.05, 3.63) is 28.8 Å². The maximum Gasteiger partial charge on any atom is 0.254 e. The van der Waals surface area contributed by atoms with Crippen LogP contribution in [0.1, 0.15) is 21.5 Å². The second-order valence-electron chi connectivity index (χ2n) is 4.54. The third kappa shape index (κ3) is 2.48. The van der Waals surface area contributed by atoms with E-state index in [1.54, 1.807) is 7.11 Å². The Labute approximate surface area is 107 Å². The molecule has 0 N–H and O–H groups in total. The van der Waals surface area contributed by atoms with Crippen LogP contribution in [0.25, 0.3) is 0 Å². The third-order valence-corrected chi connectivity index (χ3v) is 3.27. The molecule has 4 nitrogen and oxygen atoms in total. The minimum atomic E-state index is 0.0848. The first-order valence-electron chi connectivity index (χ1n) is 6.15. The van der Waals surface area contributed by atoms with E-state index in [9.17, 15) is 4.79 Å². The molecule has 18 heavy (non-hydrogen) atoms. The first-order valence-corrected chi connectivity index (χ1v) is 6.15. The summed E-state index contributed by atoms with van der Waals surface area (Å²) in [7, 11) is 1.64. The molecule has 1 aromatic rings. The maximum atomic E-state index is 12.4. The molecular weight excluding hydrogens is 230 g/mol. The van der Waals surface area contributed by atoms with Gasteiger partial charge in [-0.15, -0.1) is 0 Å². The number of methoxy groups -OCH3 is 1. The van der Waals surface area contributed by atoms with E-state index in [1.165, 1.54) is 0 Å². The van der Waals surface area contributed by atoms with Gasteiger partial charge in [0.2, 0.25) is 0 Å². The SMILES string of the molecule is COc1cc(C)c(C(=O)N2CCOCC2)cc1C. The largest absolute Gasteiger partial charge is 0.496 e. The number of carbonyl (C=O) groups excluding carboxylic acids is 1. The summed E-state index contributed by atoms with van der Waals surface area (Å²) < 4.78 is 10.5. The number of benzene rings is 1. The average Bonchev–Trinajstić information content (AvgIpc) is 2.41. The highest BCUT2D eigenvalue weighted by Gasteiger charge is 2.20. The monoisotopic (exact) mass is 249 g/mol. The van der Waals surface area contributed by atoms with Crippen LogP contribution in [0.15, 0.2) is 12.1 Å². The Morgan fingerprint density at radius 3 is 2.50 bits per heavy atom. The highest BCUT2D eigenvalue weighted by Crippen LogP contribution is 2.23. The highest BCUT2D eigenvalue weighted by atomic mass is 16.5. The lowest BCUT2D eigenvalue weighted by Crippen LogP contribution is -2.41. The summed E-state index contributed by atoms with van der Waals surface area (Å²) in [5, 5.41) is 0. The van der Waals surface area contributed by atoms with Crippen molar-refractivity contribution in [1.82, 2.24) is 4.90 Å². The molecule has 1 heterocycles. The van der Waals surface area contributed by atoms with Gasteiger partial charge in [0.05, 0.1) is 20.3 Å². The van der Waals surface area contributed by atoms with Crippen LogP contribution in [-0.4, -0.2) is 44.2 Å². The molecule has 1 fully saturated rings. The lowest BCUT2D eigenvalue weighted by molar-refractivity contribution is 0.0302. The smallest absolute Gasteiger partial charge is 0.254 e. The molecule has 1 aliphatic heterocycles. The van der Waals surface area contributed by atoms with Crippen LogP contribution in [0.2, 0.25) is 0 Å². The van der Waals surface area contributed by atoms with Crippen molar-refractivity contribution >= 4 is 5.91 Å². The normalized spacial score (nSPS) is 15.6. The topological polar surface area (TPSA) is 38.8 Å². The van der Waals surface area contributed by atoms with Gasteiger partial charge in [0.1, 0.15) is 5.75 Å². The summed E-state index contributed by atoms with van der Waals surface area (Å²) in [5.41, 5.74) is 2.70. The third-order valence-electron chi connectivity index (χ3n) is 3.27. The zero-order valence-electron chi connectivity index (χ0n) is 11.2. The van der Waals surface area contributed by atoms with Crippen LogP contribution >= 0.6 is 0 Å². The van der Waals surface area contributed by atoms with Crippen molar-refractivity contribution in [1.29, 1.82) is 0 Å². The molecule has 1 saturated heterocycles. The number of carbonyl (C=O) groups is 1. The van der Waals surface area contributed by atoms with E-state index in [0.29, 0.717) is 26.3 Å². The molecule has 0 radical (unpaired) electrons. The fourth-order valence-corrected chi connectivity index (χ4v) is 2.18. The van der Waals surface area contributed by atoms with Crippen molar-refractivity contribution in [2.45, 2.75) is 13.8 Å². The van der Waals surface area contributed by atoms with Gasteiger partial charge in [0, 0.05) is 18.7 Å². The Bertz CT molecular complexity index is 451. The number of rotatable bonds is 2. The standard InChI is InChI=1S/C14H19NO3/c1-10-9-13(17-3)11(2)8-12(10)14(16)15-4-6-18-7-5-15/h8-9H,4-7H2,1-3H3. The number of nitrogens with zero attached hydrogens (tertiary/aromatic N) is 1. The van der Waals surface area contributed by atoms with Gasteiger partial charge in [-0.25, -0.2) is 0 Å². The molecule has 0 spiro atoms. The zero-order valence-corrected chi connectivity index (χ0v) is 11.2. The van der Waals surface area contributed by atoms with Gasteiger partial charge in [-0.1, -0.05) is 0 Å². The van der Waals surface area contributed by atoms with Gasteiger partial charge in [0.15, 0.2) is 0 Å². The van der Waals surface area contributed by atoms with Crippen molar-refractivity contribution < 1.29 is 14.3 Å². The number of ether oxygens (including phenoxy) is 2. The van der Waals surface area contributed by atoms with Gasteiger partial charge in [-0.05, 0) is 37.1 Å². The van der Waals surface area contributed by atoms with E-state index in [2.05, 4.69) is 0 Å². The molecule has 1 aliphatic rings. The molecule has 4 heteroatoms. The van der Waals surface area contributed by atoms with Gasteiger partial charge >= 0.3 is 0 Å². The summed E-state index contributed by atoms with van der Waals surface area (Å²) >= 11 is 0. The lowest BCUT2D eigenvalue weighted by atomic mass is 10.0. The molecule has 1 amide bonds. The van der Waals surface area contributed by atoms with E-state index in [4.69, 9.17) is 9.47 Å². The number of morpholine rings is 1. The summed E-state index contributed by atoms with van der Waals surface area (Å²) in [6.45, 7) is 6.48. The van der Waals surface area contributed by atoms with Crippen molar-refractivity contribution in [2.75, 3.05) is 33.4 Å². The van der Waals surface area contributed by atoms with Crippen LogP contribution < -0.4 is 4.74 Å². The first-order chi connectivity index (χ1) is 8.63. The summed E-state index contributed by atoms with van der Waals surface area (Å²) in [6, 6.07) is 3.83. The predicted octanol–water partition coefficient (Wildman–Crippen LogP) is 1.78. The molecule has 0 bridgehead atoms. The molecule has 0 unspecified atom stereocenters. The van der Waals surface area contributed by atoms with Crippen molar-refractivity contribution in [3.63, 3.8) is 0 Å². The fraction of sp³-hybridized carbons (Fsp3) is 0.500. The second-order valence-corrected chi connectivity index (χ2v) is 4.54. The van der Waals surface area contributed by atoms with Crippen LogP contribution in [0.3, 0.4) is 0 Å². The summed E-state index contributed by atoms with van der Waals surface area (Å²) in [4.78, 5) is 14.2. The zero-order chi connectivity index (χ0) is 13.1. The van der Waals surface area contributed by atoms with E-state index in [0.717, 1.165) is 22.4 Å². The number of hydrogen-bond donors (Lipinski definition) is 0. The summed E-state index contributed by atoms with van der Waals surface area (Å²) in [5.74, 6) is 0.910. The highest BCUT2D eigenvalue weighted by molar-refractivity contribution is 5.96. The Hall–Kier alpha value is -1.55. The number of amides is 1. The number of hydrogen-bond acceptors (Lipinski definition) is 3. The Balaban J connectivity index is 2.27. The molecule has 0 atom stereocenters. The molecule has 0 saturated carbocycles. The van der Waals surface area contributed by atoms with Crippen LogP contribution in [-0.2, 0) is 4.74 Å². The molecule has 1 aromatic carbocycles. The van der Waals surface area contributed by atoms with E-state index >= 15 is 0 Å². The van der Waals surface area contributed by atoms with Crippen LogP contribution in [0.5, 0.6) is 5.75 Å². The van der Waals surface area contributed by atoms with Gasteiger partial charge in [-0.2, -0.15) is 0 Å². The molecule has 98 valence electrons. The van der Waals surface area contributed by atoms with Gasteiger partial charge < -0.3 is 14.4 Å². The Kier molecular flexibility index (Phi) is 3.87. The number of aryl methyl sites for hydroxylation is 2. The fourth-order valence-electron chi connectivity index (χ4n) is 2.18. The maximum absolute atomic E-state index is 12.4. The van der Waals surface area contributed by atoms with Crippen LogP contribution in [0, 0.1) is 13.8 Å². The van der Waals surface area contributed by atoms with E-state index in [1.807, 2.05) is 30.9 Å². The van der Waals surface area contributed by atoms with Gasteiger partial charge in [-0.3, -0.25) is 4.79 Å². The van der Waals surface area contributed by atoms with Crippen LogP contribution in [0.4, 0.5) is 0 Å². The van der Waals surface area contributed by atoms with Gasteiger partial charge in [0.25, 0.3) is 5.91 Å². The minimum Gasteiger partial charge on any atom is -0.496 e. The Morgan fingerprint density at radius 1 is 1.22 bits per heavy atom.